The van der Waals surface area contributed by atoms with Crippen LogP contribution in [0.25, 0.3) is 0 Å². The van der Waals surface area contributed by atoms with E-state index >= 15 is 0 Å². The molecule has 1 N–H and O–H groups in total. The number of hydrogen-bond donors (Lipinski definition) is 1. The summed E-state index contributed by atoms with van der Waals surface area (Å²) in [5.41, 5.74) is 2.27. The van der Waals surface area contributed by atoms with Gasteiger partial charge in [0.05, 0.1) is 5.69 Å². The zero-order valence-electron chi connectivity index (χ0n) is 14.3. The SMILES string of the molecule is O=C(c1cc(Nc2ccc(F)cc2F)ncn1)N1CCCc2ccccc21. The van der Waals surface area contributed by atoms with Crippen LogP contribution < -0.4 is 10.2 Å². The van der Waals surface area contributed by atoms with Crippen LogP contribution in [0.3, 0.4) is 0 Å². The van der Waals surface area contributed by atoms with E-state index in [-0.39, 0.29) is 23.1 Å². The normalized spacial score (nSPS) is 13.2. The second kappa shape index (κ2) is 7.11. The van der Waals surface area contributed by atoms with Crippen molar-refractivity contribution in [2.45, 2.75) is 12.8 Å². The van der Waals surface area contributed by atoms with Gasteiger partial charge in [-0.2, -0.15) is 0 Å². The van der Waals surface area contributed by atoms with E-state index in [9.17, 15) is 13.6 Å². The van der Waals surface area contributed by atoms with Gasteiger partial charge in [0.1, 0.15) is 29.5 Å². The van der Waals surface area contributed by atoms with Crippen LogP contribution in [-0.4, -0.2) is 22.4 Å². The number of halogens is 2. The van der Waals surface area contributed by atoms with E-state index in [4.69, 9.17) is 0 Å². The molecule has 1 aromatic heterocycles. The molecule has 0 saturated heterocycles. The Morgan fingerprint density at radius 2 is 1.93 bits per heavy atom. The Labute approximate surface area is 154 Å². The lowest BCUT2D eigenvalue weighted by molar-refractivity contribution is 0.0980. The fourth-order valence-corrected chi connectivity index (χ4v) is 3.15. The molecular weight excluding hydrogens is 350 g/mol. The molecule has 0 aliphatic carbocycles. The van der Waals surface area contributed by atoms with E-state index in [2.05, 4.69) is 15.3 Å². The van der Waals surface area contributed by atoms with E-state index in [0.717, 1.165) is 36.2 Å². The maximum Gasteiger partial charge on any atom is 0.277 e. The molecule has 1 amide bonds. The van der Waals surface area contributed by atoms with Crippen molar-refractivity contribution in [3.63, 3.8) is 0 Å². The maximum absolute atomic E-state index is 13.8. The molecule has 0 fully saturated rings. The summed E-state index contributed by atoms with van der Waals surface area (Å²) in [7, 11) is 0. The van der Waals surface area contributed by atoms with Crippen molar-refractivity contribution < 1.29 is 13.6 Å². The lowest BCUT2D eigenvalue weighted by atomic mass is 10.0. The fourth-order valence-electron chi connectivity index (χ4n) is 3.15. The number of aromatic nitrogens is 2. The second-order valence-electron chi connectivity index (χ2n) is 6.23. The largest absolute Gasteiger partial charge is 0.338 e. The van der Waals surface area contributed by atoms with Gasteiger partial charge in [-0.15, -0.1) is 0 Å². The summed E-state index contributed by atoms with van der Waals surface area (Å²) in [6.07, 6.45) is 3.05. The summed E-state index contributed by atoms with van der Waals surface area (Å²) in [5, 5.41) is 2.75. The van der Waals surface area contributed by atoms with Crippen molar-refractivity contribution in [1.82, 2.24) is 9.97 Å². The number of hydrogen-bond acceptors (Lipinski definition) is 4. The topological polar surface area (TPSA) is 58.1 Å². The van der Waals surface area contributed by atoms with Crippen molar-refractivity contribution in [2.75, 3.05) is 16.8 Å². The summed E-state index contributed by atoms with van der Waals surface area (Å²) in [4.78, 5) is 22.7. The average Bonchev–Trinajstić information content (AvgIpc) is 2.69. The molecule has 3 aromatic rings. The highest BCUT2D eigenvalue weighted by molar-refractivity contribution is 6.05. The third-order valence-corrected chi connectivity index (χ3v) is 4.44. The van der Waals surface area contributed by atoms with Crippen LogP contribution in [0.1, 0.15) is 22.5 Å². The minimum Gasteiger partial charge on any atom is -0.338 e. The van der Waals surface area contributed by atoms with Crippen LogP contribution in [-0.2, 0) is 6.42 Å². The standard InChI is InChI=1S/C20H16F2N4O/c21-14-7-8-16(15(22)10-14)25-19-11-17(23-12-24-19)20(27)26-9-3-5-13-4-1-2-6-18(13)26/h1-2,4,6-8,10-12H,3,5,9H2,(H,23,24,25). The third kappa shape index (κ3) is 3.48. The van der Waals surface area contributed by atoms with Gasteiger partial charge in [0.2, 0.25) is 0 Å². The Morgan fingerprint density at radius 1 is 1.07 bits per heavy atom. The van der Waals surface area contributed by atoms with Crippen LogP contribution in [0, 0.1) is 11.6 Å². The van der Waals surface area contributed by atoms with E-state index in [0.29, 0.717) is 6.54 Å². The molecule has 2 heterocycles. The number of nitrogens with zero attached hydrogens (tertiary/aromatic N) is 3. The van der Waals surface area contributed by atoms with E-state index in [1.807, 2.05) is 24.3 Å². The number of anilines is 3. The van der Waals surface area contributed by atoms with Gasteiger partial charge in [0, 0.05) is 24.4 Å². The summed E-state index contributed by atoms with van der Waals surface area (Å²) >= 11 is 0. The van der Waals surface area contributed by atoms with Gasteiger partial charge in [-0.05, 0) is 36.6 Å². The van der Waals surface area contributed by atoms with Gasteiger partial charge in [0.25, 0.3) is 5.91 Å². The number of fused-ring (bicyclic) bond motifs is 1. The first-order chi connectivity index (χ1) is 13.1. The number of aryl methyl sites for hydroxylation is 1. The predicted molar refractivity (Wildman–Crippen MR) is 98.1 cm³/mol. The molecule has 136 valence electrons. The minimum absolute atomic E-state index is 0.0665. The lowest BCUT2D eigenvalue weighted by Gasteiger charge is -2.29. The molecule has 0 bridgehead atoms. The van der Waals surface area contributed by atoms with Gasteiger partial charge in [-0.25, -0.2) is 18.7 Å². The Kier molecular flexibility index (Phi) is 4.50. The van der Waals surface area contributed by atoms with Crippen molar-refractivity contribution in [3.05, 3.63) is 77.8 Å². The molecular formula is C20H16F2N4O. The Hall–Kier alpha value is -3.35. The summed E-state index contributed by atoms with van der Waals surface area (Å²) in [6, 6.07) is 12.4. The lowest BCUT2D eigenvalue weighted by Crippen LogP contribution is -2.36. The average molecular weight is 366 g/mol. The molecule has 0 spiro atoms. The number of carbonyl (C=O) groups excluding carboxylic acids is 1. The first kappa shape index (κ1) is 17.1. The highest BCUT2D eigenvalue weighted by atomic mass is 19.1. The monoisotopic (exact) mass is 366 g/mol. The Morgan fingerprint density at radius 3 is 2.78 bits per heavy atom. The predicted octanol–water partition coefficient (Wildman–Crippen LogP) is 4.09. The number of benzene rings is 2. The quantitative estimate of drug-likeness (QED) is 0.758. The third-order valence-electron chi connectivity index (χ3n) is 4.44. The Balaban J connectivity index is 1.60. The van der Waals surface area contributed by atoms with Crippen molar-refractivity contribution in [1.29, 1.82) is 0 Å². The number of para-hydroxylation sites is 1. The molecule has 0 unspecified atom stereocenters. The molecule has 7 heteroatoms. The van der Waals surface area contributed by atoms with Crippen LogP contribution >= 0.6 is 0 Å². The smallest absolute Gasteiger partial charge is 0.277 e. The molecule has 2 aromatic carbocycles. The number of rotatable bonds is 3. The molecule has 27 heavy (non-hydrogen) atoms. The molecule has 1 aliphatic heterocycles. The van der Waals surface area contributed by atoms with Gasteiger partial charge < -0.3 is 10.2 Å². The zero-order chi connectivity index (χ0) is 18.8. The van der Waals surface area contributed by atoms with Crippen LogP contribution in [0.2, 0.25) is 0 Å². The number of carbonyl (C=O) groups is 1. The molecule has 0 atom stereocenters. The van der Waals surface area contributed by atoms with Gasteiger partial charge in [-0.3, -0.25) is 4.79 Å². The molecule has 0 saturated carbocycles. The summed E-state index contributed by atoms with van der Waals surface area (Å²) in [5.74, 6) is -1.40. The first-order valence-corrected chi connectivity index (χ1v) is 8.56. The fraction of sp³-hybridized carbons (Fsp3) is 0.150. The van der Waals surface area contributed by atoms with E-state index < -0.39 is 11.6 Å². The van der Waals surface area contributed by atoms with Crippen LogP contribution in [0.15, 0.2) is 54.9 Å². The van der Waals surface area contributed by atoms with Crippen molar-refractivity contribution in [3.8, 4) is 0 Å². The molecule has 1 aliphatic rings. The summed E-state index contributed by atoms with van der Waals surface area (Å²) in [6.45, 7) is 0.606. The highest BCUT2D eigenvalue weighted by Gasteiger charge is 2.24. The number of amides is 1. The zero-order valence-corrected chi connectivity index (χ0v) is 14.3. The molecule has 5 nitrogen and oxygen atoms in total. The minimum atomic E-state index is -0.744. The van der Waals surface area contributed by atoms with E-state index in [1.54, 1.807) is 4.90 Å². The molecule has 0 radical (unpaired) electrons. The highest BCUT2D eigenvalue weighted by Crippen LogP contribution is 2.28. The van der Waals surface area contributed by atoms with Crippen LogP contribution in [0.5, 0.6) is 0 Å². The number of nitrogens with one attached hydrogen (secondary N) is 1. The van der Waals surface area contributed by atoms with Gasteiger partial charge in [0.15, 0.2) is 0 Å². The van der Waals surface area contributed by atoms with Crippen molar-refractivity contribution in [2.24, 2.45) is 0 Å². The van der Waals surface area contributed by atoms with Gasteiger partial charge in [-0.1, -0.05) is 18.2 Å². The molecule has 4 rings (SSSR count). The second-order valence-corrected chi connectivity index (χ2v) is 6.23. The van der Waals surface area contributed by atoms with Crippen molar-refractivity contribution >= 4 is 23.1 Å². The summed E-state index contributed by atoms with van der Waals surface area (Å²) < 4.78 is 26.9. The first-order valence-electron chi connectivity index (χ1n) is 8.56. The maximum atomic E-state index is 13.8. The Bertz CT molecular complexity index is 1010. The van der Waals surface area contributed by atoms with E-state index in [1.165, 1.54) is 18.5 Å². The van der Waals surface area contributed by atoms with Crippen LogP contribution in [0.4, 0.5) is 26.0 Å². The van der Waals surface area contributed by atoms with Gasteiger partial charge >= 0.3 is 0 Å².